The van der Waals surface area contributed by atoms with E-state index in [4.69, 9.17) is 4.74 Å². The fraction of sp³-hybridized carbons (Fsp3) is 0.400. The fourth-order valence-corrected chi connectivity index (χ4v) is 1.74. The molecule has 1 atom stereocenters. The first-order chi connectivity index (χ1) is 5.86. The van der Waals surface area contributed by atoms with Crippen molar-refractivity contribution >= 4 is 15.9 Å². The number of rotatable bonds is 3. The van der Waals surface area contributed by atoms with Crippen LogP contribution < -0.4 is 0 Å². The second kappa shape index (κ2) is 3.58. The average molecular weight is 227 g/mol. The van der Waals surface area contributed by atoms with Crippen LogP contribution in [0.3, 0.4) is 0 Å². The lowest BCUT2D eigenvalue weighted by atomic mass is 10.1. The zero-order chi connectivity index (χ0) is 8.39. The first-order valence-corrected chi connectivity index (χ1v) is 5.00. The van der Waals surface area contributed by atoms with Gasteiger partial charge >= 0.3 is 0 Å². The average Bonchev–Trinajstić information content (AvgIpc) is 2.86. The van der Waals surface area contributed by atoms with Crippen molar-refractivity contribution in [2.45, 2.75) is 18.9 Å². The van der Waals surface area contributed by atoms with Crippen molar-refractivity contribution in [3.63, 3.8) is 0 Å². The summed E-state index contributed by atoms with van der Waals surface area (Å²) >= 11 is 3.53. The van der Waals surface area contributed by atoms with Crippen molar-refractivity contribution < 1.29 is 4.74 Å². The molecule has 0 saturated carbocycles. The highest BCUT2D eigenvalue weighted by atomic mass is 79.9. The molecule has 2 heteroatoms. The molecule has 12 heavy (non-hydrogen) atoms. The van der Waals surface area contributed by atoms with Gasteiger partial charge in [0.15, 0.2) is 0 Å². The number of ether oxygens (including phenoxy) is 1. The molecule has 0 radical (unpaired) electrons. The first kappa shape index (κ1) is 8.27. The summed E-state index contributed by atoms with van der Waals surface area (Å²) in [5.41, 5.74) is 1.38. The summed E-state index contributed by atoms with van der Waals surface area (Å²) < 4.78 is 6.37. The van der Waals surface area contributed by atoms with E-state index in [1.54, 1.807) is 0 Å². The van der Waals surface area contributed by atoms with Crippen LogP contribution in [0.2, 0.25) is 0 Å². The molecule has 0 aliphatic carbocycles. The Hall–Kier alpha value is -0.340. The molecule has 1 nitrogen and oxygen atoms in total. The molecule has 2 rings (SSSR count). The van der Waals surface area contributed by atoms with Crippen molar-refractivity contribution in [3.8, 4) is 0 Å². The van der Waals surface area contributed by atoms with Crippen molar-refractivity contribution in [2.24, 2.45) is 0 Å². The topological polar surface area (TPSA) is 12.5 Å². The van der Waals surface area contributed by atoms with Crippen LogP contribution in [-0.2, 0) is 11.2 Å². The van der Waals surface area contributed by atoms with E-state index >= 15 is 0 Å². The molecule has 1 saturated heterocycles. The molecular formula is C10H11BrO. The second-order valence-corrected chi connectivity index (χ2v) is 3.94. The van der Waals surface area contributed by atoms with Crippen LogP contribution in [0, 0.1) is 0 Å². The van der Waals surface area contributed by atoms with Crippen molar-refractivity contribution in [2.75, 3.05) is 6.61 Å². The number of epoxide rings is 1. The lowest BCUT2D eigenvalue weighted by Crippen LogP contribution is -1.91. The molecule has 1 unspecified atom stereocenters. The molecule has 0 bridgehead atoms. The summed E-state index contributed by atoms with van der Waals surface area (Å²) in [6.45, 7) is 0.963. The van der Waals surface area contributed by atoms with Crippen molar-refractivity contribution in [3.05, 3.63) is 34.3 Å². The van der Waals surface area contributed by atoms with Gasteiger partial charge in [-0.15, -0.1) is 0 Å². The van der Waals surface area contributed by atoms with Gasteiger partial charge in [-0.3, -0.25) is 0 Å². The summed E-state index contributed by atoms with van der Waals surface area (Å²) in [5, 5.41) is 0. The number of hydrogen-bond donors (Lipinski definition) is 0. The van der Waals surface area contributed by atoms with Crippen LogP contribution in [0.4, 0.5) is 0 Å². The summed E-state index contributed by atoms with van der Waals surface area (Å²) in [4.78, 5) is 0. The highest BCUT2D eigenvalue weighted by Gasteiger charge is 2.21. The molecule has 1 aromatic carbocycles. The van der Waals surface area contributed by atoms with E-state index in [1.165, 1.54) is 10.0 Å². The van der Waals surface area contributed by atoms with E-state index in [9.17, 15) is 0 Å². The lowest BCUT2D eigenvalue weighted by molar-refractivity contribution is 0.396. The number of benzene rings is 1. The Bertz CT molecular complexity index is 268. The molecule has 0 aromatic heterocycles. The standard InChI is InChI=1S/C10H11BrO/c11-10-4-2-1-3-8(10)5-6-9-7-12-9/h1-4,9H,5-7H2. The molecule has 1 aliphatic rings. The van der Waals surface area contributed by atoms with E-state index in [0.717, 1.165) is 19.4 Å². The molecular weight excluding hydrogens is 216 g/mol. The number of aryl methyl sites for hydroxylation is 1. The SMILES string of the molecule is Brc1ccccc1CCC1CO1. The van der Waals surface area contributed by atoms with E-state index in [2.05, 4.69) is 34.1 Å². The van der Waals surface area contributed by atoms with Crippen molar-refractivity contribution in [1.29, 1.82) is 0 Å². The predicted octanol–water partition coefficient (Wildman–Crippen LogP) is 2.78. The van der Waals surface area contributed by atoms with E-state index in [1.807, 2.05) is 6.07 Å². The van der Waals surface area contributed by atoms with Gasteiger partial charge in [-0.2, -0.15) is 0 Å². The maximum absolute atomic E-state index is 5.15. The normalized spacial score (nSPS) is 20.9. The van der Waals surface area contributed by atoms with Crippen LogP contribution in [0.1, 0.15) is 12.0 Å². The van der Waals surface area contributed by atoms with E-state index in [-0.39, 0.29) is 0 Å². The minimum absolute atomic E-state index is 0.539. The second-order valence-electron chi connectivity index (χ2n) is 3.09. The van der Waals surface area contributed by atoms with Gasteiger partial charge in [0.05, 0.1) is 12.7 Å². The quantitative estimate of drug-likeness (QED) is 0.723. The minimum Gasteiger partial charge on any atom is -0.373 e. The van der Waals surface area contributed by atoms with Gasteiger partial charge in [-0.05, 0) is 24.5 Å². The van der Waals surface area contributed by atoms with Crippen LogP contribution >= 0.6 is 15.9 Å². The van der Waals surface area contributed by atoms with Gasteiger partial charge in [-0.1, -0.05) is 34.1 Å². The Morgan fingerprint density at radius 2 is 2.17 bits per heavy atom. The van der Waals surface area contributed by atoms with E-state index < -0.39 is 0 Å². The third-order valence-corrected chi connectivity index (χ3v) is 2.87. The Morgan fingerprint density at radius 1 is 1.42 bits per heavy atom. The fourth-order valence-electron chi connectivity index (χ4n) is 1.25. The minimum atomic E-state index is 0.539. The molecule has 1 fully saturated rings. The zero-order valence-corrected chi connectivity index (χ0v) is 8.38. The summed E-state index contributed by atoms with van der Waals surface area (Å²) in [6, 6.07) is 8.37. The predicted molar refractivity (Wildman–Crippen MR) is 52.2 cm³/mol. The highest BCUT2D eigenvalue weighted by molar-refractivity contribution is 9.10. The Balaban J connectivity index is 1.96. The highest BCUT2D eigenvalue weighted by Crippen LogP contribution is 2.21. The molecule has 1 aromatic rings. The largest absolute Gasteiger partial charge is 0.373 e. The monoisotopic (exact) mass is 226 g/mol. The van der Waals surface area contributed by atoms with Gasteiger partial charge in [0.25, 0.3) is 0 Å². The third-order valence-electron chi connectivity index (χ3n) is 2.10. The third kappa shape index (κ3) is 2.08. The number of halogens is 1. The molecule has 1 heterocycles. The Morgan fingerprint density at radius 3 is 2.83 bits per heavy atom. The number of hydrogen-bond acceptors (Lipinski definition) is 1. The molecule has 0 spiro atoms. The van der Waals surface area contributed by atoms with Gasteiger partial charge in [0.2, 0.25) is 0 Å². The summed E-state index contributed by atoms with van der Waals surface area (Å²) in [7, 11) is 0. The van der Waals surface area contributed by atoms with Gasteiger partial charge < -0.3 is 4.74 Å². The van der Waals surface area contributed by atoms with Crippen LogP contribution in [0.25, 0.3) is 0 Å². The van der Waals surface area contributed by atoms with Gasteiger partial charge in [0.1, 0.15) is 0 Å². The zero-order valence-electron chi connectivity index (χ0n) is 6.79. The molecule has 1 aliphatic heterocycles. The summed E-state index contributed by atoms with van der Waals surface area (Å²) in [5.74, 6) is 0. The van der Waals surface area contributed by atoms with Crippen LogP contribution in [0.5, 0.6) is 0 Å². The van der Waals surface area contributed by atoms with Crippen LogP contribution in [0.15, 0.2) is 28.7 Å². The Kier molecular flexibility index (Phi) is 2.47. The molecule has 64 valence electrons. The van der Waals surface area contributed by atoms with Crippen LogP contribution in [-0.4, -0.2) is 12.7 Å². The maximum atomic E-state index is 5.15. The van der Waals surface area contributed by atoms with Crippen molar-refractivity contribution in [1.82, 2.24) is 0 Å². The Labute approximate surface area is 80.9 Å². The lowest BCUT2D eigenvalue weighted by Gasteiger charge is -2.01. The van der Waals surface area contributed by atoms with Gasteiger partial charge in [0, 0.05) is 4.47 Å². The molecule has 0 N–H and O–H groups in total. The van der Waals surface area contributed by atoms with E-state index in [0.29, 0.717) is 6.10 Å². The first-order valence-electron chi connectivity index (χ1n) is 4.21. The summed E-state index contributed by atoms with van der Waals surface area (Å²) in [6.07, 6.45) is 2.81. The smallest absolute Gasteiger partial charge is 0.0813 e. The maximum Gasteiger partial charge on any atom is 0.0813 e. The van der Waals surface area contributed by atoms with Gasteiger partial charge in [-0.25, -0.2) is 0 Å². The molecule has 0 amide bonds.